The Morgan fingerprint density at radius 1 is 1.14 bits per heavy atom. The Labute approximate surface area is 203 Å². The molecule has 2 aliphatic heterocycles. The second-order valence-electron chi connectivity index (χ2n) is 9.68. The van der Waals surface area contributed by atoms with Crippen molar-refractivity contribution in [2.45, 2.75) is 52.4 Å². The molecule has 2 aliphatic rings. The zero-order valence-corrected chi connectivity index (χ0v) is 19.8. The lowest BCUT2D eigenvalue weighted by molar-refractivity contribution is -0.136. The van der Waals surface area contributed by atoms with Gasteiger partial charge in [-0.1, -0.05) is 44.2 Å². The lowest BCUT2D eigenvalue weighted by Crippen LogP contribution is -2.52. The molecule has 5 rings (SSSR count). The van der Waals surface area contributed by atoms with Gasteiger partial charge in [-0.05, 0) is 35.6 Å². The summed E-state index contributed by atoms with van der Waals surface area (Å²) in [6.07, 6.45) is 2.47. The Morgan fingerprint density at radius 3 is 2.71 bits per heavy atom. The topological polar surface area (TPSA) is 101 Å². The van der Waals surface area contributed by atoms with Crippen LogP contribution < -0.4 is 10.6 Å². The summed E-state index contributed by atoms with van der Waals surface area (Å²) in [5.74, 6) is -0.628. The van der Waals surface area contributed by atoms with Crippen LogP contribution in [0, 0.1) is 5.92 Å². The number of benzene rings is 2. The van der Waals surface area contributed by atoms with Gasteiger partial charge < -0.3 is 14.8 Å². The third kappa shape index (κ3) is 4.32. The number of amides is 4. The minimum atomic E-state index is -0.640. The van der Waals surface area contributed by atoms with E-state index >= 15 is 0 Å². The fraction of sp³-hybridized carbons (Fsp3) is 0.333. The third-order valence-corrected chi connectivity index (χ3v) is 6.64. The molecule has 0 aliphatic carbocycles. The summed E-state index contributed by atoms with van der Waals surface area (Å²) in [6.45, 7) is 5.76. The number of rotatable bonds is 6. The van der Waals surface area contributed by atoms with Crippen molar-refractivity contribution in [1.82, 2.24) is 20.1 Å². The summed E-state index contributed by atoms with van der Waals surface area (Å²) in [7, 11) is 0. The van der Waals surface area contributed by atoms with Crippen LogP contribution in [0.15, 0.2) is 48.7 Å². The second-order valence-corrected chi connectivity index (χ2v) is 9.68. The molecule has 3 heterocycles. The predicted octanol–water partition coefficient (Wildman–Crippen LogP) is 2.99. The monoisotopic (exact) mass is 472 g/mol. The molecule has 1 aromatic heterocycles. The van der Waals surface area contributed by atoms with E-state index in [2.05, 4.69) is 29.0 Å². The van der Waals surface area contributed by atoms with Gasteiger partial charge in [-0.3, -0.25) is 24.5 Å². The highest BCUT2D eigenvalue weighted by atomic mass is 16.2. The first-order valence-corrected chi connectivity index (χ1v) is 11.9. The number of carbonyl (C=O) groups excluding carboxylic acids is 4. The molecule has 0 bridgehead atoms. The maximum Gasteiger partial charge on any atom is 0.255 e. The first-order chi connectivity index (χ1) is 16.8. The number of hydrogen-bond donors (Lipinski definition) is 2. The summed E-state index contributed by atoms with van der Waals surface area (Å²) in [5.41, 5.74) is 3.93. The lowest BCUT2D eigenvalue weighted by Gasteiger charge is -2.29. The summed E-state index contributed by atoms with van der Waals surface area (Å²) < 4.78 is 2.12. The van der Waals surface area contributed by atoms with E-state index in [4.69, 9.17) is 0 Å². The number of aromatic nitrogens is 1. The van der Waals surface area contributed by atoms with Crippen molar-refractivity contribution in [2.24, 2.45) is 5.92 Å². The van der Waals surface area contributed by atoms with Crippen LogP contribution >= 0.6 is 0 Å². The second kappa shape index (κ2) is 9.02. The summed E-state index contributed by atoms with van der Waals surface area (Å²) in [5, 5.41) is 6.25. The molecule has 0 spiro atoms. The van der Waals surface area contributed by atoms with Gasteiger partial charge in [0.05, 0.1) is 5.56 Å². The lowest BCUT2D eigenvalue weighted by atomic mass is 10.0. The standard InChI is InChI=1S/C27H28N4O4/c1-16(2)13-30-15-21(20-5-3-4-6-22(20)30)25(33)28-12-17-7-8-19-18(11-17)14-31(27(19)35)23-9-10-24(32)29-26(23)34/h3-8,11,15-16,23H,9-10,12-14H2,1-2H3,(H,28,33)(H,29,32,34). The van der Waals surface area contributed by atoms with Crippen LogP contribution in [0.2, 0.25) is 0 Å². The normalized spacial score (nSPS) is 17.7. The van der Waals surface area contributed by atoms with Gasteiger partial charge >= 0.3 is 0 Å². The number of hydrogen-bond acceptors (Lipinski definition) is 4. The van der Waals surface area contributed by atoms with Gasteiger partial charge in [0, 0.05) is 48.7 Å². The van der Waals surface area contributed by atoms with Crippen LogP contribution in [-0.4, -0.2) is 39.1 Å². The average Bonchev–Trinajstić information content (AvgIpc) is 3.35. The first-order valence-electron chi connectivity index (χ1n) is 11.9. The number of nitrogens with zero attached hydrogens (tertiary/aromatic N) is 2. The molecule has 0 radical (unpaired) electrons. The van der Waals surface area contributed by atoms with Crippen LogP contribution in [0.4, 0.5) is 0 Å². The number of fused-ring (bicyclic) bond motifs is 2. The molecule has 1 unspecified atom stereocenters. The first kappa shape index (κ1) is 22.8. The molecule has 0 saturated carbocycles. The molecule has 8 nitrogen and oxygen atoms in total. The van der Waals surface area contributed by atoms with Crippen molar-refractivity contribution in [3.8, 4) is 0 Å². The van der Waals surface area contributed by atoms with E-state index in [1.54, 1.807) is 6.07 Å². The van der Waals surface area contributed by atoms with Gasteiger partial charge in [0.1, 0.15) is 6.04 Å². The maximum absolute atomic E-state index is 13.1. The fourth-order valence-electron chi connectivity index (χ4n) is 4.99. The van der Waals surface area contributed by atoms with Crippen molar-refractivity contribution in [1.29, 1.82) is 0 Å². The quantitative estimate of drug-likeness (QED) is 0.539. The molecular formula is C27H28N4O4. The van der Waals surface area contributed by atoms with Crippen LogP contribution in [-0.2, 0) is 29.2 Å². The zero-order chi connectivity index (χ0) is 24.7. The summed E-state index contributed by atoms with van der Waals surface area (Å²) in [4.78, 5) is 51.2. The van der Waals surface area contributed by atoms with Crippen LogP contribution in [0.3, 0.4) is 0 Å². The Bertz CT molecular complexity index is 1360. The Morgan fingerprint density at radius 2 is 1.94 bits per heavy atom. The highest BCUT2D eigenvalue weighted by Crippen LogP contribution is 2.28. The minimum Gasteiger partial charge on any atom is -0.348 e. The Balaban J connectivity index is 1.30. The van der Waals surface area contributed by atoms with Crippen molar-refractivity contribution < 1.29 is 19.2 Å². The number of para-hydroxylation sites is 1. The van der Waals surface area contributed by atoms with Crippen LogP contribution in [0.1, 0.15) is 58.5 Å². The number of nitrogens with one attached hydrogen (secondary N) is 2. The summed E-state index contributed by atoms with van der Waals surface area (Å²) >= 11 is 0. The SMILES string of the molecule is CC(C)Cn1cc(C(=O)NCc2ccc3c(c2)CN(C2CCC(=O)NC2=O)C3=O)c2ccccc21. The van der Waals surface area contributed by atoms with E-state index in [9.17, 15) is 19.2 Å². The van der Waals surface area contributed by atoms with Crippen LogP contribution in [0.25, 0.3) is 10.9 Å². The van der Waals surface area contributed by atoms with Crippen molar-refractivity contribution in [2.75, 3.05) is 0 Å². The predicted molar refractivity (Wildman–Crippen MR) is 130 cm³/mol. The highest BCUT2D eigenvalue weighted by Gasteiger charge is 2.39. The smallest absolute Gasteiger partial charge is 0.255 e. The molecule has 35 heavy (non-hydrogen) atoms. The van der Waals surface area contributed by atoms with Gasteiger partial charge in [-0.25, -0.2) is 0 Å². The van der Waals surface area contributed by atoms with Gasteiger partial charge in [-0.15, -0.1) is 0 Å². The molecule has 180 valence electrons. The van der Waals surface area contributed by atoms with Crippen molar-refractivity contribution in [3.05, 3.63) is 70.9 Å². The molecule has 1 atom stereocenters. The van der Waals surface area contributed by atoms with Crippen LogP contribution in [0.5, 0.6) is 0 Å². The number of piperidine rings is 1. The van der Waals surface area contributed by atoms with E-state index in [0.29, 0.717) is 36.6 Å². The minimum absolute atomic E-state index is 0.148. The van der Waals surface area contributed by atoms with Crippen molar-refractivity contribution in [3.63, 3.8) is 0 Å². The molecule has 3 aromatic rings. The van der Waals surface area contributed by atoms with Gasteiger partial charge in [-0.2, -0.15) is 0 Å². The van der Waals surface area contributed by atoms with Gasteiger partial charge in [0.2, 0.25) is 11.8 Å². The molecule has 2 aromatic carbocycles. The number of imide groups is 1. The van der Waals surface area contributed by atoms with Gasteiger partial charge in [0.25, 0.3) is 11.8 Å². The third-order valence-electron chi connectivity index (χ3n) is 6.64. The highest BCUT2D eigenvalue weighted by molar-refractivity contribution is 6.07. The fourth-order valence-corrected chi connectivity index (χ4v) is 4.99. The van der Waals surface area contributed by atoms with E-state index < -0.39 is 11.9 Å². The molecule has 8 heteroatoms. The number of carbonyl (C=O) groups is 4. The maximum atomic E-state index is 13.1. The van der Waals surface area contributed by atoms with E-state index in [1.165, 1.54) is 4.90 Å². The average molecular weight is 473 g/mol. The molecule has 1 saturated heterocycles. The Kier molecular flexibility index (Phi) is 5.88. The van der Waals surface area contributed by atoms with E-state index in [1.807, 2.05) is 42.6 Å². The van der Waals surface area contributed by atoms with Crippen molar-refractivity contribution >= 4 is 34.5 Å². The van der Waals surface area contributed by atoms with E-state index in [0.717, 1.165) is 28.6 Å². The molecule has 2 N–H and O–H groups in total. The van der Waals surface area contributed by atoms with E-state index in [-0.39, 0.29) is 24.1 Å². The molecule has 1 fully saturated rings. The zero-order valence-electron chi connectivity index (χ0n) is 19.8. The van der Waals surface area contributed by atoms with Gasteiger partial charge in [0.15, 0.2) is 0 Å². The molecule has 4 amide bonds. The largest absolute Gasteiger partial charge is 0.348 e. The Hall–Kier alpha value is -3.94. The summed E-state index contributed by atoms with van der Waals surface area (Å²) in [6, 6.07) is 12.7. The molecular weight excluding hydrogens is 444 g/mol.